The Balaban J connectivity index is 2.01. The van der Waals surface area contributed by atoms with Gasteiger partial charge in [0.2, 0.25) is 0 Å². The summed E-state index contributed by atoms with van der Waals surface area (Å²) >= 11 is 0. The van der Waals surface area contributed by atoms with Gasteiger partial charge in [-0.3, -0.25) is 4.90 Å². The lowest BCUT2D eigenvalue weighted by atomic mass is 9.78. The molecule has 20 heavy (non-hydrogen) atoms. The fourth-order valence-electron chi connectivity index (χ4n) is 2.65. The molecule has 0 aromatic heterocycles. The van der Waals surface area contributed by atoms with Crippen molar-refractivity contribution in [2.45, 2.75) is 25.5 Å². The van der Waals surface area contributed by atoms with Crippen LogP contribution in [0.1, 0.15) is 18.4 Å². The van der Waals surface area contributed by atoms with E-state index in [0.29, 0.717) is 17.3 Å². The van der Waals surface area contributed by atoms with Gasteiger partial charge in [0, 0.05) is 32.2 Å². The highest BCUT2D eigenvalue weighted by Crippen LogP contribution is 2.17. The molecule has 5 nitrogen and oxygen atoms in total. The summed E-state index contributed by atoms with van der Waals surface area (Å²) in [5.41, 5.74) is 1.47. The monoisotopic (exact) mass is 279 g/mol. The minimum atomic E-state index is -1.51. The van der Waals surface area contributed by atoms with Gasteiger partial charge in [0.05, 0.1) is 13.2 Å². The number of hydrogen-bond donors (Lipinski definition) is 2. The minimum Gasteiger partial charge on any atom is -0.497 e. The second-order valence-electron chi connectivity index (χ2n) is 5.16. The number of nitrogens with zero attached hydrogens (tertiary/aromatic N) is 1. The normalized spacial score (nSPS) is 17.2. The van der Waals surface area contributed by atoms with E-state index < -0.39 is 7.12 Å². The van der Waals surface area contributed by atoms with Crippen LogP contribution >= 0.6 is 0 Å². The van der Waals surface area contributed by atoms with Gasteiger partial charge in [-0.15, -0.1) is 0 Å². The maximum Gasteiger partial charge on any atom is 0.492 e. The molecular formula is C14H22BNO4. The van der Waals surface area contributed by atoms with Crippen LogP contribution in [0.15, 0.2) is 18.2 Å². The van der Waals surface area contributed by atoms with E-state index in [-0.39, 0.29) is 0 Å². The summed E-state index contributed by atoms with van der Waals surface area (Å²) in [5, 5.41) is 18.8. The Labute approximate surface area is 120 Å². The quantitative estimate of drug-likeness (QED) is 0.742. The van der Waals surface area contributed by atoms with E-state index in [1.165, 1.54) is 7.11 Å². The maximum absolute atomic E-state index is 9.38. The molecule has 0 bridgehead atoms. The smallest absolute Gasteiger partial charge is 0.492 e. The van der Waals surface area contributed by atoms with E-state index in [9.17, 15) is 10.0 Å². The molecule has 1 aromatic rings. The van der Waals surface area contributed by atoms with Crippen molar-refractivity contribution in [3.63, 3.8) is 0 Å². The summed E-state index contributed by atoms with van der Waals surface area (Å²) in [6.07, 6.45) is 2.46. The van der Waals surface area contributed by atoms with E-state index in [1.54, 1.807) is 19.2 Å². The Kier molecular flexibility index (Phi) is 5.42. The highest BCUT2D eigenvalue weighted by Gasteiger charge is 2.21. The first-order chi connectivity index (χ1) is 9.63. The summed E-state index contributed by atoms with van der Waals surface area (Å²) in [6, 6.07) is 5.55. The molecule has 0 saturated carbocycles. The van der Waals surface area contributed by atoms with Gasteiger partial charge in [0.1, 0.15) is 5.75 Å². The van der Waals surface area contributed by atoms with Crippen LogP contribution in [0.2, 0.25) is 0 Å². The highest BCUT2D eigenvalue weighted by molar-refractivity contribution is 6.59. The van der Waals surface area contributed by atoms with Crippen LogP contribution in [0.3, 0.4) is 0 Å². The number of methoxy groups -OCH3 is 2. The molecule has 1 aliphatic rings. The number of likely N-dealkylation sites (tertiary alicyclic amines) is 1. The summed E-state index contributed by atoms with van der Waals surface area (Å²) in [5.74, 6) is 0.502. The van der Waals surface area contributed by atoms with Gasteiger partial charge >= 0.3 is 7.12 Å². The van der Waals surface area contributed by atoms with Crippen LogP contribution in [-0.2, 0) is 11.3 Å². The van der Waals surface area contributed by atoms with Crippen molar-refractivity contribution in [3.05, 3.63) is 23.8 Å². The van der Waals surface area contributed by atoms with Gasteiger partial charge in [0.15, 0.2) is 0 Å². The summed E-state index contributed by atoms with van der Waals surface area (Å²) in [4.78, 5) is 2.35. The molecule has 0 unspecified atom stereocenters. The predicted molar refractivity (Wildman–Crippen MR) is 78.1 cm³/mol. The van der Waals surface area contributed by atoms with Crippen LogP contribution in [0.25, 0.3) is 0 Å². The van der Waals surface area contributed by atoms with Gasteiger partial charge in [0.25, 0.3) is 0 Å². The third kappa shape index (κ3) is 3.73. The molecule has 0 atom stereocenters. The van der Waals surface area contributed by atoms with Crippen molar-refractivity contribution in [1.82, 2.24) is 4.90 Å². The molecule has 0 amide bonds. The van der Waals surface area contributed by atoms with Crippen molar-refractivity contribution in [1.29, 1.82) is 0 Å². The summed E-state index contributed by atoms with van der Waals surface area (Å²) in [6.45, 7) is 2.81. The van der Waals surface area contributed by atoms with E-state index in [2.05, 4.69) is 4.90 Å². The van der Waals surface area contributed by atoms with Crippen molar-refractivity contribution in [2.75, 3.05) is 27.3 Å². The Hall–Kier alpha value is -1.08. The van der Waals surface area contributed by atoms with Gasteiger partial charge < -0.3 is 19.5 Å². The molecule has 110 valence electrons. The van der Waals surface area contributed by atoms with Crippen molar-refractivity contribution >= 4 is 12.6 Å². The molecule has 1 fully saturated rings. The van der Waals surface area contributed by atoms with Gasteiger partial charge in [-0.25, -0.2) is 0 Å². The van der Waals surface area contributed by atoms with E-state index in [0.717, 1.165) is 38.0 Å². The second kappa shape index (κ2) is 7.08. The molecule has 1 aliphatic heterocycles. The lowest BCUT2D eigenvalue weighted by Crippen LogP contribution is -2.37. The van der Waals surface area contributed by atoms with Gasteiger partial charge in [-0.2, -0.15) is 0 Å². The fourth-order valence-corrected chi connectivity index (χ4v) is 2.65. The van der Waals surface area contributed by atoms with E-state index in [4.69, 9.17) is 9.47 Å². The highest BCUT2D eigenvalue weighted by atomic mass is 16.5. The molecular weight excluding hydrogens is 257 g/mol. The lowest BCUT2D eigenvalue weighted by molar-refractivity contribution is 0.0389. The van der Waals surface area contributed by atoms with Crippen molar-refractivity contribution in [3.8, 4) is 5.75 Å². The molecule has 2 rings (SSSR count). The first kappa shape index (κ1) is 15.3. The molecule has 0 aliphatic carbocycles. The Morgan fingerprint density at radius 1 is 1.25 bits per heavy atom. The van der Waals surface area contributed by atoms with Crippen LogP contribution in [0.5, 0.6) is 5.75 Å². The zero-order valence-corrected chi connectivity index (χ0v) is 12.1. The SMILES string of the molecule is COc1ccc(CN2CCC(OC)CC2)cc1B(O)O. The third-order valence-electron chi connectivity index (χ3n) is 3.85. The Morgan fingerprint density at radius 3 is 2.50 bits per heavy atom. The predicted octanol–water partition coefficient (Wildman–Crippen LogP) is -0.0142. The van der Waals surface area contributed by atoms with Crippen LogP contribution in [0, 0.1) is 0 Å². The first-order valence-corrected chi connectivity index (χ1v) is 6.92. The van der Waals surface area contributed by atoms with Gasteiger partial charge in [-0.1, -0.05) is 12.1 Å². The maximum atomic E-state index is 9.38. The number of benzene rings is 1. The lowest BCUT2D eigenvalue weighted by Gasteiger charge is -2.31. The number of piperidine rings is 1. The minimum absolute atomic E-state index is 0.372. The third-order valence-corrected chi connectivity index (χ3v) is 3.85. The standard InChI is InChI=1S/C14H22BNO4/c1-19-12-5-7-16(8-6-12)10-11-3-4-14(20-2)13(9-11)15(17)18/h3-4,9,12,17-18H,5-8,10H2,1-2H3. The van der Waals surface area contributed by atoms with Crippen LogP contribution in [0.4, 0.5) is 0 Å². The topological polar surface area (TPSA) is 62.2 Å². The van der Waals surface area contributed by atoms with E-state index >= 15 is 0 Å². The Bertz CT molecular complexity index is 433. The van der Waals surface area contributed by atoms with Crippen molar-refractivity contribution in [2.24, 2.45) is 0 Å². The molecule has 1 saturated heterocycles. The summed E-state index contributed by atoms with van der Waals surface area (Å²) < 4.78 is 10.5. The molecule has 0 spiro atoms. The molecule has 6 heteroatoms. The average Bonchev–Trinajstić information content (AvgIpc) is 2.48. The Morgan fingerprint density at radius 2 is 1.95 bits per heavy atom. The molecule has 2 N–H and O–H groups in total. The zero-order valence-electron chi connectivity index (χ0n) is 12.1. The summed E-state index contributed by atoms with van der Waals surface area (Å²) in [7, 11) is 1.78. The van der Waals surface area contributed by atoms with E-state index in [1.807, 2.05) is 6.07 Å². The largest absolute Gasteiger partial charge is 0.497 e. The van der Waals surface area contributed by atoms with Crippen molar-refractivity contribution < 1.29 is 19.5 Å². The molecule has 1 aromatic carbocycles. The zero-order chi connectivity index (χ0) is 14.5. The number of hydrogen-bond acceptors (Lipinski definition) is 5. The number of rotatable bonds is 5. The number of ether oxygens (including phenoxy) is 2. The second-order valence-corrected chi connectivity index (χ2v) is 5.16. The molecule has 1 heterocycles. The molecule has 0 radical (unpaired) electrons. The average molecular weight is 279 g/mol. The van der Waals surface area contributed by atoms with Crippen LogP contribution in [-0.4, -0.2) is 55.5 Å². The van der Waals surface area contributed by atoms with Crippen LogP contribution < -0.4 is 10.2 Å². The fraction of sp³-hybridized carbons (Fsp3) is 0.571. The van der Waals surface area contributed by atoms with Gasteiger partial charge in [-0.05, 0) is 24.5 Å². The first-order valence-electron chi connectivity index (χ1n) is 6.92.